The van der Waals surface area contributed by atoms with Crippen molar-refractivity contribution in [1.29, 1.82) is 0 Å². The number of carbonyl (C=O) groups excluding carboxylic acids is 1. The number of nitrogens with zero attached hydrogens (tertiary/aromatic N) is 3. The second kappa shape index (κ2) is 12.3. The maximum absolute atomic E-state index is 11.7. The SMILES string of the molecule is C=Nc1cc(N(CCO)c2cc(OC)cc(OC)c2)ccc1N=CCC(=O)NCCC. The molecule has 2 aromatic carbocycles. The van der Waals surface area contributed by atoms with Crippen LogP contribution in [0.2, 0.25) is 0 Å². The van der Waals surface area contributed by atoms with Gasteiger partial charge in [-0.1, -0.05) is 6.92 Å². The molecule has 0 saturated carbocycles. The van der Waals surface area contributed by atoms with E-state index in [4.69, 9.17) is 9.47 Å². The minimum Gasteiger partial charge on any atom is -0.497 e. The van der Waals surface area contributed by atoms with Crippen molar-refractivity contribution in [2.24, 2.45) is 9.98 Å². The predicted octanol–water partition coefficient (Wildman–Crippen LogP) is 3.78. The Kier molecular flexibility index (Phi) is 9.51. The van der Waals surface area contributed by atoms with Gasteiger partial charge >= 0.3 is 0 Å². The lowest BCUT2D eigenvalue weighted by molar-refractivity contribution is -0.119. The average molecular weight is 427 g/mol. The first kappa shape index (κ1) is 23.9. The summed E-state index contributed by atoms with van der Waals surface area (Å²) in [7, 11) is 3.17. The number of nitrogens with one attached hydrogen (secondary N) is 1. The zero-order valence-corrected chi connectivity index (χ0v) is 18.3. The molecule has 0 radical (unpaired) electrons. The number of hydrogen-bond donors (Lipinski definition) is 2. The molecule has 2 rings (SSSR count). The van der Waals surface area contributed by atoms with Gasteiger partial charge in [-0.15, -0.1) is 0 Å². The number of benzene rings is 2. The van der Waals surface area contributed by atoms with Crippen LogP contribution in [0.1, 0.15) is 19.8 Å². The molecule has 2 aromatic rings. The first-order valence-electron chi connectivity index (χ1n) is 10.1. The van der Waals surface area contributed by atoms with Crippen LogP contribution < -0.4 is 19.7 Å². The van der Waals surface area contributed by atoms with Crippen molar-refractivity contribution in [2.75, 3.05) is 38.8 Å². The Balaban J connectivity index is 2.31. The summed E-state index contributed by atoms with van der Waals surface area (Å²) in [6, 6.07) is 11.0. The van der Waals surface area contributed by atoms with Gasteiger partial charge < -0.3 is 24.8 Å². The van der Waals surface area contributed by atoms with E-state index in [-0.39, 0.29) is 18.9 Å². The molecule has 0 aromatic heterocycles. The molecule has 8 heteroatoms. The van der Waals surface area contributed by atoms with E-state index in [9.17, 15) is 9.90 Å². The Morgan fingerprint density at radius 2 is 1.84 bits per heavy atom. The molecule has 0 aliphatic heterocycles. The van der Waals surface area contributed by atoms with E-state index in [0.717, 1.165) is 17.8 Å². The number of carbonyl (C=O) groups is 1. The third kappa shape index (κ3) is 6.82. The highest BCUT2D eigenvalue weighted by Gasteiger charge is 2.14. The van der Waals surface area contributed by atoms with Crippen LogP contribution in [-0.4, -0.2) is 57.9 Å². The summed E-state index contributed by atoms with van der Waals surface area (Å²) >= 11 is 0. The highest BCUT2D eigenvalue weighted by molar-refractivity contribution is 5.91. The van der Waals surface area contributed by atoms with E-state index in [0.29, 0.717) is 36.0 Å². The lowest BCUT2D eigenvalue weighted by Crippen LogP contribution is -2.23. The van der Waals surface area contributed by atoms with Crippen molar-refractivity contribution in [3.05, 3.63) is 36.4 Å². The van der Waals surface area contributed by atoms with Gasteiger partial charge in [0.15, 0.2) is 0 Å². The van der Waals surface area contributed by atoms with Crippen LogP contribution in [-0.2, 0) is 4.79 Å². The van der Waals surface area contributed by atoms with Gasteiger partial charge in [0.05, 0.1) is 38.6 Å². The molecular formula is C23H30N4O4. The largest absolute Gasteiger partial charge is 0.497 e. The molecule has 2 N–H and O–H groups in total. The molecule has 0 spiro atoms. The third-order valence-electron chi connectivity index (χ3n) is 4.49. The van der Waals surface area contributed by atoms with Gasteiger partial charge in [0.2, 0.25) is 5.91 Å². The summed E-state index contributed by atoms with van der Waals surface area (Å²) in [5.41, 5.74) is 2.77. The lowest BCUT2D eigenvalue weighted by Gasteiger charge is -2.25. The number of rotatable bonds is 12. The molecule has 0 heterocycles. The first-order valence-corrected chi connectivity index (χ1v) is 10.1. The first-order chi connectivity index (χ1) is 15.1. The standard InChI is InChI=1S/C23H30N4O4/c1-5-9-26-23(29)8-10-25-21-7-6-17(15-22(21)24-2)27(11-12-28)18-13-19(30-3)16-20(14-18)31-4/h6-7,10,13-16,28H,2,5,8-9,11-12H2,1,3-4H3,(H,26,29). The van der Waals surface area contributed by atoms with Crippen molar-refractivity contribution in [2.45, 2.75) is 19.8 Å². The fraction of sp³-hybridized carbons (Fsp3) is 0.348. The quantitative estimate of drug-likeness (QED) is 0.504. The van der Waals surface area contributed by atoms with E-state index in [1.807, 2.05) is 42.2 Å². The number of amides is 1. The molecule has 1 amide bonds. The van der Waals surface area contributed by atoms with Crippen LogP contribution in [0, 0.1) is 0 Å². The average Bonchev–Trinajstić information content (AvgIpc) is 2.80. The van der Waals surface area contributed by atoms with Gasteiger partial charge in [0.25, 0.3) is 0 Å². The summed E-state index contributed by atoms with van der Waals surface area (Å²) in [5.74, 6) is 1.21. The Hall–Kier alpha value is -3.39. The highest BCUT2D eigenvalue weighted by atomic mass is 16.5. The minimum atomic E-state index is -0.0728. The van der Waals surface area contributed by atoms with Crippen LogP contribution in [0.15, 0.2) is 46.4 Å². The molecule has 0 saturated heterocycles. The van der Waals surface area contributed by atoms with Crippen molar-refractivity contribution >= 4 is 41.6 Å². The zero-order chi connectivity index (χ0) is 22.6. The van der Waals surface area contributed by atoms with Gasteiger partial charge in [-0.3, -0.25) is 14.8 Å². The summed E-state index contributed by atoms with van der Waals surface area (Å²) in [6.07, 6.45) is 2.64. The summed E-state index contributed by atoms with van der Waals surface area (Å²) in [5, 5.41) is 12.4. The normalized spacial score (nSPS) is 10.7. The molecule has 0 fully saturated rings. The topological polar surface area (TPSA) is 95.8 Å². The number of anilines is 2. The van der Waals surface area contributed by atoms with Crippen molar-refractivity contribution in [3.8, 4) is 11.5 Å². The summed E-state index contributed by atoms with van der Waals surface area (Å²) in [4.78, 5) is 22.1. The van der Waals surface area contributed by atoms with Crippen LogP contribution in [0.3, 0.4) is 0 Å². The molecule has 8 nitrogen and oxygen atoms in total. The van der Waals surface area contributed by atoms with Gasteiger partial charge in [-0.2, -0.15) is 0 Å². The maximum Gasteiger partial charge on any atom is 0.225 e. The van der Waals surface area contributed by atoms with E-state index in [2.05, 4.69) is 22.0 Å². The van der Waals surface area contributed by atoms with Crippen LogP contribution >= 0.6 is 0 Å². The molecule has 166 valence electrons. The molecule has 0 unspecified atom stereocenters. The van der Waals surface area contributed by atoms with Gasteiger partial charge in [0.1, 0.15) is 11.5 Å². The van der Waals surface area contributed by atoms with Crippen LogP contribution in [0.5, 0.6) is 11.5 Å². The second-order valence-corrected chi connectivity index (χ2v) is 6.64. The Labute approximate surface area is 183 Å². The zero-order valence-electron chi connectivity index (χ0n) is 18.3. The molecule has 0 bridgehead atoms. The molecule has 0 aliphatic carbocycles. The maximum atomic E-state index is 11.7. The number of aliphatic hydroxyl groups is 1. The van der Waals surface area contributed by atoms with E-state index in [1.165, 1.54) is 0 Å². The Bertz CT molecular complexity index is 892. The fourth-order valence-corrected chi connectivity index (χ4v) is 2.93. The monoisotopic (exact) mass is 426 g/mol. The van der Waals surface area contributed by atoms with Crippen molar-refractivity contribution in [3.63, 3.8) is 0 Å². The van der Waals surface area contributed by atoms with Crippen molar-refractivity contribution < 1.29 is 19.4 Å². The lowest BCUT2D eigenvalue weighted by atomic mass is 10.2. The summed E-state index contributed by atoms with van der Waals surface area (Å²) in [6.45, 7) is 6.59. The second-order valence-electron chi connectivity index (χ2n) is 6.64. The van der Waals surface area contributed by atoms with Gasteiger partial charge in [0, 0.05) is 48.9 Å². The van der Waals surface area contributed by atoms with Gasteiger partial charge in [-0.25, -0.2) is 0 Å². The number of aliphatic hydroxyl groups excluding tert-OH is 1. The number of aliphatic imine (C=N–C) groups is 2. The number of hydrogen-bond acceptors (Lipinski definition) is 7. The fourth-order valence-electron chi connectivity index (χ4n) is 2.93. The Morgan fingerprint density at radius 1 is 1.13 bits per heavy atom. The molecule has 0 aliphatic rings. The third-order valence-corrected chi connectivity index (χ3v) is 4.49. The van der Waals surface area contributed by atoms with E-state index in [1.54, 1.807) is 26.5 Å². The molecule has 0 atom stereocenters. The van der Waals surface area contributed by atoms with E-state index >= 15 is 0 Å². The van der Waals surface area contributed by atoms with Gasteiger partial charge in [-0.05, 0) is 31.3 Å². The molecular weight excluding hydrogens is 396 g/mol. The highest BCUT2D eigenvalue weighted by Crippen LogP contribution is 2.37. The predicted molar refractivity (Wildman–Crippen MR) is 125 cm³/mol. The van der Waals surface area contributed by atoms with Crippen LogP contribution in [0.4, 0.5) is 22.7 Å². The van der Waals surface area contributed by atoms with Crippen molar-refractivity contribution in [1.82, 2.24) is 5.32 Å². The summed E-state index contributed by atoms with van der Waals surface area (Å²) < 4.78 is 10.7. The van der Waals surface area contributed by atoms with E-state index < -0.39 is 0 Å². The smallest absolute Gasteiger partial charge is 0.225 e. The number of ether oxygens (including phenoxy) is 2. The Morgan fingerprint density at radius 3 is 2.42 bits per heavy atom. The minimum absolute atomic E-state index is 0.0524. The molecule has 31 heavy (non-hydrogen) atoms. The van der Waals surface area contributed by atoms with Crippen LogP contribution in [0.25, 0.3) is 0 Å². The number of methoxy groups -OCH3 is 2.